The summed E-state index contributed by atoms with van der Waals surface area (Å²) in [6, 6.07) is 3.71. The molecule has 0 amide bonds. The molecule has 4 heteroatoms. The topological polar surface area (TPSA) is 64.7 Å². The van der Waals surface area contributed by atoms with Gasteiger partial charge in [-0.1, -0.05) is 13.0 Å². The van der Waals surface area contributed by atoms with Crippen LogP contribution < -0.4 is 10.6 Å². The molecule has 3 N–H and O–H groups in total. The van der Waals surface area contributed by atoms with Crippen molar-refractivity contribution in [3.05, 3.63) is 23.3 Å². The molecule has 0 bridgehead atoms. The number of rotatable bonds is 5. The van der Waals surface area contributed by atoms with Gasteiger partial charge in [-0.05, 0) is 18.1 Å². The highest BCUT2D eigenvalue weighted by Gasteiger charge is 2.11. The zero-order valence-electron chi connectivity index (χ0n) is 9.12. The number of hydrogen-bond donors (Lipinski definition) is 2. The van der Waals surface area contributed by atoms with Gasteiger partial charge < -0.3 is 14.7 Å². The Morgan fingerprint density at radius 1 is 1.40 bits per heavy atom. The van der Waals surface area contributed by atoms with Crippen molar-refractivity contribution in [1.29, 1.82) is 0 Å². The van der Waals surface area contributed by atoms with E-state index in [4.69, 9.17) is 10.6 Å². The van der Waals surface area contributed by atoms with Crippen molar-refractivity contribution in [2.24, 2.45) is 5.90 Å². The highest BCUT2D eigenvalue weighted by atomic mass is 16.6. The molecule has 0 aliphatic rings. The van der Waals surface area contributed by atoms with E-state index in [-0.39, 0.29) is 5.75 Å². The molecule has 0 saturated carbocycles. The lowest BCUT2D eigenvalue weighted by Crippen LogP contribution is -2.06. The average molecular weight is 211 g/mol. The van der Waals surface area contributed by atoms with E-state index in [1.54, 1.807) is 6.07 Å². The second-order valence-corrected chi connectivity index (χ2v) is 3.23. The Morgan fingerprint density at radius 2 is 2.13 bits per heavy atom. The second-order valence-electron chi connectivity index (χ2n) is 3.23. The maximum Gasteiger partial charge on any atom is 0.161 e. The zero-order valence-corrected chi connectivity index (χ0v) is 9.12. The zero-order chi connectivity index (χ0) is 11.3. The Balaban J connectivity index is 3.05. The lowest BCUT2D eigenvalue weighted by molar-refractivity contribution is 0.140. The molecular formula is C11H17NO3. The van der Waals surface area contributed by atoms with Gasteiger partial charge in [0.15, 0.2) is 11.5 Å². The molecule has 1 rings (SSSR count). The minimum Gasteiger partial charge on any atom is -0.504 e. The van der Waals surface area contributed by atoms with Crippen molar-refractivity contribution in [3.63, 3.8) is 0 Å². The number of ether oxygens (including phenoxy) is 1. The first-order valence-electron chi connectivity index (χ1n) is 4.94. The van der Waals surface area contributed by atoms with E-state index in [9.17, 15) is 5.11 Å². The monoisotopic (exact) mass is 211 g/mol. The Morgan fingerprint density at radius 3 is 2.67 bits per heavy atom. The number of phenolic OH excluding ortho intramolecular Hbond substituents is 1. The van der Waals surface area contributed by atoms with Crippen LogP contribution in [0.25, 0.3) is 0 Å². The molecule has 0 heterocycles. The van der Waals surface area contributed by atoms with Gasteiger partial charge in [0.2, 0.25) is 0 Å². The van der Waals surface area contributed by atoms with Crippen LogP contribution >= 0.6 is 0 Å². The second kappa shape index (κ2) is 5.58. The average Bonchev–Trinajstić information content (AvgIpc) is 2.27. The number of hydrogen-bond acceptors (Lipinski definition) is 4. The van der Waals surface area contributed by atoms with Gasteiger partial charge in [0.1, 0.15) is 0 Å². The van der Waals surface area contributed by atoms with Gasteiger partial charge in [-0.25, -0.2) is 5.90 Å². The normalized spacial score (nSPS) is 10.3. The summed E-state index contributed by atoms with van der Waals surface area (Å²) < 4.78 is 5.04. The van der Waals surface area contributed by atoms with E-state index in [2.05, 4.69) is 4.84 Å². The van der Waals surface area contributed by atoms with E-state index in [1.807, 2.05) is 13.0 Å². The van der Waals surface area contributed by atoms with Crippen LogP contribution in [0.3, 0.4) is 0 Å². The first-order chi connectivity index (χ1) is 7.24. The highest BCUT2D eigenvalue weighted by Crippen LogP contribution is 2.32. The molecule has 0 aliphatic carbocycles. The Labute approximate surface area is 89.6 Å². The minimum atomic E-state index is 0.189. The van der Waals surface area contributed by atoms with E-state index in [1.165, 1.54) is 7.11 Å². The van der Waals surface area contributed by atoms with Gasteiger partial charge in [-0.15, -0.1) is 0 Å². The fraction of sp³-hybridized carbons (Fsp3) is 0.455. The highest BCUT2D eigenvalue weighted by molar-refractivity contribution is 5.49. The maximum absolute atomic E-state index is 9.91. The van der Waals surface area contributed by atoms with Crippen molar-refractivity contribution in [1.82, 2.24) is 0 Å². The quantitative estimate of drug-likeness (QED) is 0.722. The number of aryl methyl sites for hydroxylation is 1. The SMILES string of the molecule is CCc1ccc(OC)c(O)c1CCON. The molecule has 4 nitrogen and oxygen atoms in total. The third-order valence-corrected chi connectivity index (χ3v) is 2.41. The Bertz CT molecular complexity index is 326. The molecule has 0 unspecified atom stereocenters. The number of benzene rings is 1. The molecule has 0 aromatic heterocycles. The van der Waals surface area contributed by atoms with Crippen molar-refractivity contribution in [2.45, 2.75) is 19.8 Å². The fourth-order valence-electron chi connectivity index (χ4n) is 1.59. The lowest BCUT2D eigenvalue weighted by atomic mass is 10.0. The molecular weight excluding hydrogens is 194 g/mol. The fourth-order valence-corrected chi connectivity index (χ4v) is 1.59. The first-order valence-corrected chi connectivity index (χ1v) is 4.94. The molecule has 0 radical (unpaired) electrons. The van der Waals surface area contributed by atoms with Crippen LogP contribution in [-0.2, 0) is 17.7 Å². The van der Waals surface area contributed by atoms with Gasteiger partial charge in [-0.2, -0.15) is 0 Å². The Kier molecular flexibility index (Phi) is 4.39. The number of methoxy groups -OCH3 is 1. The standard InChI is InChI=1S/C11H17NO3/c1-3-8-4-5-10(14-2)11(13)9(8)6-7-15-12/h4-5,13H,3,6-7,12H2,1-2H3. The van der Waals surface area contributed by atoms with Crippen LogP contribution in [-0.4, -0.2) is 18.8 Å². The van der Waals surface area contributed by atoms with Crippen LogP contribution in [0.5, 0.6) is 11.5 Å². The van der Waals surface area contributed by atoms with Crippen LogP contribution in [0, 0.1) is 0 Å². The molecule has 1 aromatic rings. The molecule has 0 aliphatic heterocycles. The predicted molar refractivity (Wildman–Crippen MR) is 57.9 cm³/mol. The van der Waals surface area contributed by atoms with Gasteiger partial charge in [-0.3, -0.25) is 0 Å². The van der Waals surface area contributed by atoms with Crippen LogP contribution in [0.4, 0.5) is 0 Å². The third kappa shape index (κ3) is 2.61. The summed E-state index contributed by atoms with van der Waals surface area (Å²) in [6.07, 6.45) is 1.44. The van der Waals surface area contributed by atoms with Crippen molar-refractivity contribution in [2.75, 3.05) is 13.7 Å². The Hall–Kier alpha value is -1.26. The maximum atomic E-state index is 9.91. The van der Waals surface area contributed by atoms with E-state index >= 15 is 0 Å². The number of nitrogens with two attached hydrogens (primary N) is 1. The smallest absolute Gasteiger partial charge is 0.161 e. The van der Waals surface area contributed by atoms with E-state index in [0.29, 0.717) is 18.8 Å². The van der Waals surface area contributed by atoms with Crippen LogP contribution in [0.2, 0.25) is 0 Å². The third-order valence-electron chi connectivity index (χ3n) is 2.41. The summed E-state index contributed by atoms with van der Waals surface area (Å²) >= 11 is 0. The van der Waals surface area contributed by atoms with Crippen LogP contribution in [0.15, 0.2) is 12.1 Å². The number of aromatic hydroxyl groups is 1. The van der Waals surface area contributed by atoms with Crippen molar-refractivity contribution in [3.8, 4) is 11.5 Å². The molecule has 84 valence electrons. The first kappa shape index (κ1) is 11.8. The molecule has 0 spiro atoms. The minimum absolute atomic E-state index is 0.189. The summed E-state index contributed by atoms with van der Waals surface area (Å²) in [4.78, 5) is 4.52. The summed E-state index contributed by atoms with van der Waals surface area (Å²) in [6.45, 7) is 2.42. The molecule has 0 fully saturated rings. The van der Waals surface area contributed by atoms with Gasteiger partial charge in [0.05, 0.1) is 13.7 Å². The predicted octanol–water partition coefficient (Wildman–Crippen LogP) is 1.40. The van der Waals surface area contributed by atoms with Gasteiger partial charge in [0, 0.05) is 12.0 Å². The summed E-state index contributed by atoms with van der Waals surface area (Å²) in [5.41, 5.74) is 1.94. The molecule has 0 saturated heterocycles. The molecule has 0 atom stereocenters. The molecule has 15 heavy (non-hydrogen) atoms. The number of phenols is 1. The van der Waals surface area contributed by atoms with Gasteiger partial charge >= 0.3 is 0 Å². The molecule has 1 aromatic carbocycles. The summed E-state index contributed by atoms with van der Waals surface area (Å²) in [5, 5.41) is 9.91. The largest absolute Gasteiger partial charge is 0.504 e. The van der Waals surface area contributed by atoms with E-state index in [0.717, 1.165) is 17.5 Å². The van der Waals surface area contributed by atoms with Gasteiger partial charge in [0.25, 0.3) is 0 Å². The van der Waals surface area contributed by atoms with E-state index < -0.39 is 0 Å². The lowest BCUT2D eigenvalue weighted by Gasteiger charge is -2.12. The summed E-state index contributed by atoms with van der Waals surface area (Å²) in [5.74, 6) is 5.65. The van der Waals surface area contributed by atoms with Crippen molar-refractivity contribution >= 4 is 0 Å². The summed E-state index contributed by atoms with van der Waals surface area (Å²) in [7, 11) is 1.53. The van der Waals surface area contributed by atoms with Crippen molar-refractivity contribution < 1.29 is 14.7 Å². The van der Waals surface area contributed by atoms with Crippen LogP contribution in [0.1, 0.15) is 18.1 Å².